The van der Waals surface area contributed by atoms with E-state index in [-0.39, 0.29) is 37.5 Å². The second kappa shape index (κ2) is 10.0. The van der Waals surface area contributed by atoms with Crippen molar-refractivity contribution in [3.05, 3.63) is 62.0 Å². The van der Waals surface area contributed by atoms with E-state index in [4.69, 9.17) is 27.9 Å². The smallest absolute Gasteiger partial charge is 0.258 e. The Morgan fingerprint density at radius 3 is 2.11 bits per heavy atom. The minimum absolute atomic E-state index is 0.0277. The predicted octanol–water partition coefficient (Wildman–Crippen LogP) is 4.89. The SMILES string of the molecule is COc1cc(C2C3=CCC4C(=O)N(C)C(=O)C4C3CC3(Cl)C(=O)N(c4c(F)c(F)c(F)c(F)c4F)C(=O)C23Cl)cc(I)c1O. The number of likely N-dealkylation sites (tertiary alicyclic amines) is 1. The number of hydrogen-bond acceptors (Lipinski definition) is 6. The molecule has 3 fully saturated rings. The molecule has 16 heteroatoms. The average Bonchev–Trinajstić information content (AvgIpc) is 3.30. The highest BCUT2D eigenvalue weighted by molar-refractivity contribution is 14.1. The average molecular weight is 771 g/mol. The van der Waals surface area contributed by atoms with Crippen molar-refractivity contribution in [3.63, 3.8) is 0 Å². The van der Waals surface area contributed by atoms with Crippen molar-refractivity contribution in [2.24, 2.45) is 17.8 Å². The number of hydrogen-bond donors (Lipinski definition) is 1. The molecular formula is C28H18Cl2F5IN2O6. The number of alkyl halides is 2. The molecule has 6 atom stereocenters. The largest absolute Gasteiger partial charge is 0.504 e. The van der Waals surface area contributed by atoms with Gasteiger partial charge in [-0.15, -0.1) is 23.2 Å². The van der Waals surface area contributed by atoms with Crippen LogP contribution >= 0.6 is 45.8 Å². The van der Waals surface area contributed by atoms with Gasteiger partial charge in [-0.3, -0.25) is 24.1 Å². The number of carbonyl (C=O) groups is 4. The van der Waals surface area contributed by atoms with Crippen LogP contribution in [-0.4, -0.2) is 57.5 Å². The number of methoxy groups -OCH3 is 1. The molecule has 2 aliphatic heterocycles. The zero-order chi connectivity index (χ0) is 32.4. The molecule has 2 aromatic rings. The summed E-state index contributed by atoms with van der Waals surface area (Å²) < 4.78 is 78.0. The molecule has 0 bridgehead atoms. The van der Waals surface area contributed by atoms with Crippen LogP contribution in [0.5, 0.6) is 11.5 Å². The van der Waals surface area contributed by atoms with Gasteiger partial charge in [0.15, 0.2) is 44.5 Å². The number of benzene rings is 2. The van der Waals surface area contributed by atoms with Crippen molar-refractivity contribution in [1.29, 1.82) is 0 Å². The fraction of sp³-hybridized carbons (Fsp3) is 0.357. The van der Waals surface area contributed by atoms with Gasteiger partial charge >= 0.3 is 0 Å². The van der Waals surface area contributed by atoms with E-state index in [2.05, 4.69) is 0 Å². The van der Waals surface area contributed by atoms with Crippen LogP contribution < -0.4 is 9.64 Å². The lowest BCUT2D eigenvalue weighted by Gasteiger charge is -2.50. The van der Waals surface area contributed by atoms with Crippen molar-refractivity contribution >= 4 is 75.1 Å². The van der Waals surface area contributed by atoms with Gasteiger partial charge in [0.1, 0.15) is 5.69 Å². The summed E-state index contributed by atoms with van der Waals surface area (Å²) in [6.45, 7) is 0. The van der Waals surface area contributed by atoms with Gasteiger partial charge in [-0.05, 0) is 59.0 Å². The molecule has 0 radical (unpaired) electrons. The summed E-state index contributed by atoms with van der Waals surface area (Å²) in [5.74, 6) is -21.3. The minimum Gasteiger partial charge on any atom is -0.504 e. The third kappa shape index (κ3) is 3.67. The molecule has 0 aromatic heterocycles. The van der Waals surface area contributed by atoms with Crippen molar-refractivity contribution in [3.8, 4) is 11.5 Å². The van der Waals surface area contributed by atoms with E-state index in [0.717, 1.165) is 4.90 Å². The Morgan fingerprint density at radius 1 is 0.932 bits per heavy atom. The highest BCUT2D eigenvalue weighted by Gasteiger charge is 2.77. The number of halogens is 8. The zero-order valence-corrected chi connectivity index (χ0v) is 26.0. The Balaban J connectivity index is 1.64. The number of fused-ring (bicyclic) bond motifs is 4. The lowest BCUT2D eigenvalue weighted by Crippen LogP contribution is -2.60. The van der Waals surface area contributed by atoms with E-state index in [1.165, 1.54) is 26.3 Å². The summed E-state index contributed by atoms with van der Waals surface area (Å²) in [5, 5.41) is 10.5. The summed E-state index contributed by atoms with van der Waals surface area (Å²) >= 11 is 15.8. The molecule has 0 spiro atoms. The first-order valence-corrected chi connectivity index (χ1v) is 14.7. The van der Waals surface area contributed by atoms with Crippen LogP contribution in [-0.2, 0) is 19.2 Å². The molecule has 2 heterocycles. The topological polar surface area (TPSA) is 104 Å². The van der Waals surface area contributed by atoms with E-state index in [1.54, 1.807) is 28.7 Å². The maximum absolute atomic E-state index is 15.1. The number of anilines is 1. The Bertz CT molecular complexity index is 1750. The van der Waals surface area contributed by atoms with Crippen LogP contribution in [0.25, 0.3) is 0 Å². The first-order valence-electron chi connectivity index (χ1n) is 12.9. The third-order valence-corrected chi connectivity index (χ3v) is 11.3. The first kappa shape index (κ1) is 31.0. The molecule has 2 aromatic carbocycles. The van der Waals surface area contributed by atoms with Crippen LogP contribution in [0.15, 0.2) is 23.8 Å². The second-order valence-corrected chi connectivity index (χ2v) is 13.4. The molecule has 4 aliphatic rings. The zero-order valence-electron chi connectivity index (χ0n) is 22.4. The van der Waals surface area contributed by atoms with Crippen LogP contribution in [0.4, 0.5) is 27.6 Å². The highest BCUT2D eigenvalue weighted by Crippen LogP contribution is 2.66. The summed E-state index contributed by atoms with van der Waals surface area (Å²) in [5.41, 5.74) is -1.45. The van der Waals surface area contributed by atoms with Gasteiger partial charge in [0.05, 0.1) is 22.5 Å². The van der Waals surface area contributed by atoms with E-state index < -0.39 is 98.2 Å². The van der Waals surface area contributed by atoms with Crippen LogP contribution in [0.2, 0.25) is 0 Å². The fourth-order valence-electron chi connectivity index (χ4n) is 7.01. The Hall–Kier alpha value is -2.98. The molecular weight excluding hydrogens is 753 g/mol. The molecule has 2 saturated heterocycles. The van der Waals surface area contributed by atoms with Crippen molar-refractivity contribution in [2.75, 3.05) is 19.1 Å². The summed E-state index contributed by atoms with van der Waals surface area (Å²) in [7, 11) is 2.52. The summed E-state index contributed by atoms with van der Waals surface area (Å²) in [6.07, 6.45) is 1.00. The maximum Gasteiger partial charge on any atom is 0.258 e. The van der Waals surface area contributed by atoms with Crippen LogP contribution in [0.3, 0.4) is 0 Å². The Kier molecular flexibility index (Phi) is 7.06. The molecule has 2 aliphatic carbocycles. The number of imide groups is 2. The van der Waals surface area contributed by atoms with E-state index in [9.17, 15) is 37.5 Å². The van der Waals surface area contributed by atoms with Gasteiger partial charge < -0.3 is 9.84 Å². The number of allylic oxidation sites excluding steroid dienone is 2. The lowest BCUT2D eigenvalue weighted by atomic mass is 9.56. The number of phenols is 1. The van der Waals surface area contributed by atoms with Crippen molar-refractivity contribution < 1.29 is 51.0 Å². The van der Waals surface area contributed by atoms with Gasteiger partial charge in [0.25, 0.3) is 11.8 Å². The summed E-state index contributed by atoms with van der Waals surface area (Å²) in [4.78, 5) is 49.9. The molecule has 4 amide bonds. The number of ether oxygens (including phenoxy) is 1. The molecule has 8 nitrogen and oxygen atoms in total. The van der Waals surface area contributed by atoms with Gasteiger partial charge in [-0.2, -0.15) is 0 Å². The fourth-order valence-corrected chi connectivity index (χ4v) is 8.57. The van der Waals surface area contributed by atoms with Gasteiger partial charge in [0.2, 0.25) is 17.6 Å². The maximum atomic E-state index is 15.1. The molecule has 44 heavy (non-hydrogen) atoms. The normalized spacial score (nSPS) is 31.3. The molecule has 6 rings (SSSR count). The van der Waals surface area contributed by atoms with Crippen LogP contribution in [0, 0.1) is 50.4 Å². The van der Waals surface area contributed by atoms with Crippen molar-refractivity contribution in [1.82, 2.24) is 4.90 Å². The predicted molar refractivity (Wildman–Crippen MR) is 152 cm³/mol. The summed E-state index contributed by atoms with van der Waals surface area (Å²) in [6, 6.07) is 2.66. The first-order chi connectivity index (χ1) is 20.5. The number of carbonyl (C=O) groups excluding carboxylic acids is 4. The van der Waals surface area contributed by atoms with Gasteiger partial charge in [0, 0.05) is 13.0 Å². The number of rotatable bonds is 3. The molecule has 1 N–H and O–H groups in total. The standard InChI is InChI=1S/C28H18Cl2F5IN2O6/c1-37-23(40)10-4-3-9-11(14(10)24(37)41)7-27(29)25(42)38(21-19(34)17(32)16(31)18(33)20(21)35)26(43)28(27,30)15(9)8-5-12(36)22(39)13(6-8)44-2/h3,5-6,10-11,14-15,39H,4,7H2,1-2H3. The Labute approximate surface area is 268 Å². The van der Waals surface area contributed by atoms with E-state index in [1.807, 2.05) is 0 Å². The third-order valence-electron chi connectivity index (χ3n) is 9.05. The van der Waals surface area contributed by atoms with Crippen LogP contribution in [0.1, 0.15) is 24.3 Å². The minimum atomic E-state index is -2.66. The second-order valence-electron chi connectivity index (χ2n) is 11.0. The molecule has 6 unspecified atom stereocenters. The quantitative estimate of drug-likeness (QED) is 0.0908. The van der Waals surface area contributed by atoms with Gasteiger partial charge in [-0.25, -0.2) is 26.9 Å². The Morgan fingerprint density at radius 2 is 1.52 bits per heavy atom. The monoisotopic (exact) mass is 770 g/mol. The number of phenolic OH excluding ortho intramolecular Hbond substituents is 1. The number of nitrogens with zero attached hydrogens (tertiary/aromatic N) is 2. The lowest BCUT2D eigenvalue weighted by molar-refractivity contribution is -0.138. The van der Waals surface area contributed by atoms with Gasteiger partial charge in [-0.1, -0.05) is 11.6 Å². The number of amides is 4. The number of aromatic hydroxyl groups is 1. The highest BCUT2D eigenvalue weighted by atomic mass is 127. The van der Waals surface area contributed by atoms with E-state index >= 15 is 8.78 Å². The van der Waals surface area contributed by atoms with Crippen molar-refractivity contribution in [2.45, 2.75) is 28.5 Å². The molecule has 232 valence electrons. The van der Waals surface area contributed by atoms with E-state index in [0.29, 0.717) is 0 Å². The molecule has 1 saturated carbocycles.